The number of hydrogen-bond acceptors (Lipinski definition) is 3. The average molecular weight is 392 g/mol. The van der Waals surface area contributed by atoms with Gasteiger partial charge in [0.25, 0.3) is 5.91 Å². The molecule has 2 N–H and O–H groups in total. The highest BCUT2D eigenvalue weighted by atomic mass is 19.1. The van der Waals surface area contributed by atoms with Gasteiger partial charge in [-0.1, -0.05) is 0 Å². The Kier molecular flexibility index (Phi) is 5.87. The quantitative estimate of drug-likeness (QED) is 0.509. The third-order valence-electron chi connectivity index (χ3n) is 4.39. The van der Waals surface area contributed by atoms with E-state index in [1.54, 1.807) is 42.6 Å². The Morgan fingerprint density at radius 3 is 2.31 bits per heavy atom. The molecule has 1 aromatic heterocycles. The summed E-state index contributed by atoms with van der Waals surface area (Å²) in [6.45, 7) is 5.30. The minimum absolute atomic E-state index is 0.176. The molecule has 7 heteroatoms. The van der Waals surface area contributed by atoms with Gasteiger partial charge in [-0.3, -0.25) is 9.59 Å². The molecule has 29 heavy (non-hydrogen) atoms. The van der Waals surface area contributed by atoms with E-state index < -0.39 is 0 Å². The molecule has 0 fully saturated rings. The number of anilines is 1. The number of hydrazone groups is 1. The Morgan fingerprint density at radius 2 is 1.69 bits per heavy atom. The van der Waals surface area contributed by atoms with Gasteiger partial charge in [-0.15, -0.1) is 0 Å². The van der Waals surface area contributed by atoms with Crippen LogP contribution in [0, 0.1) is 19.7 Å². The highest BCUT2D eigenvalue weighted by Gasteiger charge is 2.10. The van der Waals surface area contributed by atoms with Crippen molar-refractivity contribution in [2.45, 2.75) is 20.8 Å². The van der Waals surface area contributed by atoms with Crippen LogP contribution < -0.4 is 10.7 Å². The van der Waals surface area contributed by atoms with Crippen LogP contribution in [0.1, 0.15) is 34.2 Å². The molecule has 6 nitrogen and oxygen atoms in total. The summed E-state index contributed by atoms with van der Waals surface area (Å²) >= 11 is 0. The van der Waals surface area contributed by atoms with Crippen LogP contribution in [0.2, 0.25) is 0 Å². The fraction of sp³-hybridized carbons (Fsp3) is 0.136. The van der Waals surface area contributed by atoms with Gasteiger partial charge >= 0.3 is 0 Å². The Balaban J connectivity index is 1.70. The number of carbonyl (C=O) groups is 2. The van der Waals surface area contributed by atoms with Gasteiger partial charge in [0, 0.05) is 40.8 Å². The summed E-state index contributed by atoms with van der Waals surface area (Å²) in [7, 11) is 0. The number of amides is 2. The highest BCUT2D eigenvalue weighted by Crippen LogP contribution is 2.20. The lowest BCUT2D eigenvalue weighted by Crippen LogP contribution is -2.17. The third-order valence-corrected chi connectivity index (χ3v) is 4.39. The molecule has 0 bridgehead atoms. The van der Waals surface area contributed by atoms with Crippen molar-refractivity contribution in [3.63, 3.8) is 0 Å². The monoisotopic (exact) mass is 392 g/mol. The predicted molar refractivity (Wildman–Crippen MR) is 111 cm³/mol. The van der Waals surface area contributed by atoms with Crippen LogP contribution in [0.4, 0.5) is 10.1 Å². The van der Waals surface area contributed by atoms with Crippen LogP contribution in [0.3, 0.4) is 0 Å². The number of hydrogen-bond donors (Lipinski definition) is 2. The Morgan fingerprint density at radius 1 is 1.03 bits per heavy atom. The van der Waals surface area contributed by atoms with Gasteiger partial charge < -0.3 is 9.88 Å². The van der Waals surface area contributed by atoms with E-state index in [9.17, 15) is 14.0 Å². The van der Waals surface area contributed by atoms with Crippen molar-refractivity contribution in [2.75, 3.05) is 5.32 Å². The minimum atomic E-state index is -0.358. The van der Waals surface area contributed by atoms with Gasteiger partial charge in [-0.2, -0.15) is 5.10 Å². The average Bonchev–Trinajstić information content (AvgIpc) is 2.96. The van der Waals surface area contributed by atoms with Crippen molar-refractivity contribution in [1.29, 1.82) is 0 Å². The SMILES string of the molecule is CC(=O)Nc1ccc(C(=O)NN=Cc2cc(C)n(-c3ccc(F)cc3)c2C)cc1. The van der Waals surface area contributed by atoms with E-state index in [-0.39, 0.29) is 17.6 Å². The van der Waals surface area contributed by atoms with Crippen LogP contribution in [0.15, 0.2) is 59.7 Å². The van der Waals surface area contributed by atoms with Crippen molar-refractivity contribution in [3.8, 4) is 5.69 Å². The summed E-state index contributed by atoms with van der Waals surface area (Å²) in [5.41, 5.74) is 7.12. The molecular formula is C22H21FN4O2. The van der Waals surface area contributed by atoms with E-state index in [1.165, 1.54) is 19.1 Å². The molecule has 3 aromatic rings. The zero-order valence-corrected chi connectivity index (χ0v) is 16.4. The molecule has 0 spiro atoms. The van der Waals surface area contributed by atoms with Crippen LogP contribution >= 0.6 is 0 Å². The Bertz CT molecular complexity index is 1070. The molecule has 2 aromatic carbocycles. The van der Waals surface area contributed by atoms with E-state index >= 15 is 0 Å². The topological polar surface area (TPSA) is 75.5 Å². The number of aromatic nitrogens is 1. The maximum Gasteiger partial charge on any atom is 0.271 e. The maximum atomic E-state index is 13.2. The van der Waals surface area contributed by atoms with Crippen LogP contribution in [0.25, 0.3) is 5.69 Å². The van der Waals surface area contributed by atoms with E-state index in [2.05, 4.69) is 15.8 Å². The third kappa shape index (κ3) is 4.76. The minimum Gasteiger partial charge on any atom is -0.326 e. The number of rotatable bonds is 5. The second-order valence-corrected chi connectivity index (χ2v) is 6.60. The summed E-state index contributed by atoms with van der Waals surface area (Å²) in [5, 5.41) is 6.69. The Hall–Kier alpha value is -3.74. The zero-order valence-electron chi connectivity index (χ0n) is 16.4. The lowest BCUT2D eigenvalue weighted by Gasteiger charge is -2.09. The molecule has 0 aliphatic heterocycles. The van der Waals surface area contributed by atoms with Crippen molar-refractivity contribution in [3.05, 3.63) is 82.9 Å². The number of benzene rings is 2. The lowest BCUT2D eigenvalue weighted by atomic mass is 10.2. The van der Waals surface area contributed by atoms with Crippen molar-refractivity contribution < 1.29 is 14.0 Å². The second kappa shape index (κ2) is 8.52. The molecule has 1 heterocycles. The molecule has 0 saturated heterocycles. The normalized spacial score (nSPS) is 10.9. The summed E-state index contributed by atoms with van der Waals surface area (Å²) < 4.78 is 15.2. The largest absolute Gasteiger partial charge is 0.326 e. The lowest BCUT2D eigenvalue weighted by molar-refractivity contribution is -0.114. The summed E-state index contributed by atoms with van der Waals surface area (Å²) in [6.07, 6.45) is 1.58. The summed E-state index contributed by atoms with van der Waals surface area (Å²) in [5.74, 6) is -0.821. The van der Waals surface area contributed by atoms with E-state index in [4.69, 9.17) is 0 Å². The predicted octanol–water partition coefficient (Wildman–Crippen LogP) is 3.96. The molecule has 0 saturated carbocycles. The fourth-order valence-corrected chi connectivity index (χ4v) is 3.04. The van der Waals surface area contributed by atoms with Crippen molar-refractivity contribution in [1.82, 2.24) is 9.99 Å². The smallest absolute Gasteiger partial charge is 0.271 e. The first-order valence-corrected chi connectivity index (χ1v) is 9.01. The number of carbonyl (C=O) groups excluding carboxylic acids is 2. The van der Waals surface area contributed by atoms with Gasteiger partial charge in [-0.25, -0.2) is 9.82 Å². The first-order valence-electron chi connectivity index (χ1n) is 9.01. The molecule has 0 aliphatic rings. The fourth-order valence-electron chi connectivity index (χ4n) is 3.04. The molecule has 0 aliphatic carbocycles. The molecule has 0 atom stereocenters. The van der Waals surface area contributed by atoms with E-state index in [0.29, 0.717) is 11.3 Å². The maximum absolute atomic E-state index is 13.2. The zero-order chi connectivity index (χ0) is 21.0. The van der Waals surface area contributed by atoms with Crippen LogP contribution in [-0.2, 0) is 4.79 Å². The van der Waals surface area contributed by atoms with Crippen molar-refractivity contribution >= 4 is 23.7 Å². The van der Waals surface area contributed by atoms with Crippen molar-refractivity contribution in [2.24, 2.45) is 5.10 Å². The Labute approximate surface area is 168 Å². The molecule has 3 rings (SSSR count). The number of nitrogens with zero attached hydrogens (tertiary/aromatic N) is 2. The molecule has 148 valence electrons. The van der Waals surface area contributed by atoms with Gasteiger partial charge in [0.1, 0.15) is 5.82 Å². The summed E-state index contributed by atoms with van der Waals surface area (Å²) in [4.78, 5) is 23.3. The molecule has 2 amide bonds. The van der Waals surface area contributed by atoms with E-state index in [0.717, 1.165) is 22.6 Å². The molecule has 0 unspecified atom stereocenters. The van der Waals surface area contributed by atoms with Crippen LogP contribution in [-0.4, -0.2) is 22.6 Å². The summed E-state index contributed by atoms with van der Waals surface area (Å²) in [6, 6.07) is 14.7. The van der Waals surface area contributed by atoms with Gasteiger partial charge in [0.2, 0.25) is 5.91 Å². The first kappa shape index (κ1) is 20.0. The first-order chi connectivity index (χ1) is 13.8. The van der Waals surface area contributed by atoms with E-state index in [1.807, 2.05) is 24.5 Å². The van der Waals surface area contributed by atoms with Gasteiger partial charge in [-0.05, 0) is 68.4 Å². The second-order valence-electron chi connectivity index (χ2n) is 6.60. The highest BCUT2D eigenvalue weighted by molar-refractivity contribution is 5.96. The number of aryl methyl sites for hydroxylation is 1. The molecular weight excluding hydrogens is 371 g/mol. The van der Waals surface area contributed by atoms with Gasteiger partial charge in [0.05, 0.1) is 6.21 Å². The molecule has 0 radical (unpaired) electrons. The van der Waals surface area contributed by atoms with Crippen LogP contribution in [0.5, 0.6) is 0 Å². The standard InChI is InChI=1S/C22H21FN4O2/c1-14-12-18(15(2)27(14)21-10-6-19(23)7-11-21)13-24-26-22(29)17-4-8-20(9-5-17)25-16(3)28/h4-13H,1-3H3,(H,25,28)(H,26,29). The van der Waals surface area contributed by atoms with Gasteiger partial charge in [0.15, 0.2) is 0 Å². The number of nitrogens with one attached hydrogen (secondary N) is 2. The number of halogens is 1.